The Hall–Kier alpha value is -6.65. The average Bonchev–Trinajstić information content (AvgIpc) is 3.79. The maximum absolute atomic E-state index is 13.6. The molecule has 16 nitrogen and oxygen atoms in total. The number of carbonyl (C=O) groups is 6. The lowest BCUT2D eigenvalue weighted by Crippen LogP contribution is -2.54. The van der Waals surface area contributed by atoms with Crippen LogP contribution in [-0.2, 0) is 14.4 Å². The number of fused-ring (bicyclic) bond motifs is 2. The molecule has 1 unspecified atom stereocenters. The van der Waals surface area contributed by atoms with Crippen molar-refractivity contribution >= 4 is 69.5 Å². The molecule has 3 N–H and O–H groups in total. The number of carbonyl (C=O) groups excluding carboxylic acids is 6. The molecule has 1 atom stereocenters. The van der Waals surface area contributed by atoms with Gasteiger partial charge in [0.05, 0.1) is 27.1 Å². The topological polar surface area (TPSA) is 190 Å². The zero-order chi connectivity index (χ0) is 43.8. The summed E-state index contributed by atoms with van der Waals surface area (Å²) < 4.78 is 5.85. The summed E-state index contributed by atoms with van der Waals surface area (Å²) in [5.41, 5.74) is 2.95. The van der Waals surface area contributed by atoms with E-state index in [-0.39, 0.29) is 36.5 Å². The summed E-state index contributed by atoms with van der Waals surface area (Å²) in [4.78, 5) is 94.0. The molecular weight excluding hydrogens is 826 g/mol. The predicted octanol–water partition coefficient (Wildman–Crippen LogP) is 5.29. The first kappa shape index (κ1) is 41.7. The molecule has 5 aliphatic rings. The van der Waals surface area contributed by atoms with E-state index < -0.39 is 23.8 Å². The molecule has 10 rings (SSSR count). The molecule has 17 heteroatoms. The number of H-pyrrole nitrogens is 1. The Morgan fingerprint density at radius 1 is 0.857 bits per heavy atom. The Balaban J connectivity index is 0.000000185. The van der Waals surface area contributed by atoms with Crippen LogP contribution in [0.15, 0.2) is 79.3 Å². The Morgan fingerprint density at radius 2 is 1.62 bits per heavy atom. The van der Waals surface area contributed by atoms with Crippen LogP contribution in [0.5, 0.6) is 11.5 Å². The van der Waals surface area contributed by atoms with Gasteiger partial charge in [-0.15, -0.1) is 0 Å². The first-order chi connectivity index (χ1) is 30.5. The second kappa shape index (κ2) is 17.6. The fourth-order valence-electron chi connectivity index (χ4n) is 8.79. The van der Waals surface area contributed by atoms with Crippen LogP contribution < -0.4 is 20.3 Å². The van der Waals surface area contributed by atoms with Gasteiger partial charge in [-0.25, -0.2) is 9.97 Å². The fraction of sp³-hybridized carbons (Fsp3) is 0.348. The van der Waals surface area contributed by atoms with Crippen molar-refractivity contribution in [3.63, 3.8) is 0 Å². The van der Waals surface area contributed by atoms with E-state index in [1.54, 1.807) is 36.5 Å². The molecular formula is C46H46ClN9O7. The number of anilines is 2. The van der Waals surface area contributed by atoms with Gasteiger partial charge in [0, 0.05) is 81.7 Å². The van der Waals surface area contributed by atoms with E-state index >= 15 is 0 Å². The van der Waals surface area contributed by atoms with Gasteiger partial charge in [-0.05, 0) is 81.1 Å². The fourth-order valence-corrected chi connectivity index (χ4v) is 9.05. The monoisotopic (exact) mass is 871 g/mol. The lowest BCUT2D eigenvalue weighted by molar-refractivity contribution is -0.136. The molecule has 2 aromatic heterocycles. The quantitative estimate of drug-likeness (QED) is 0.122. The van der Waals surface area contributed by atoms with E-state index in [0.717, 1.165) is 56.0 Å². The first-order valence-electron chi connectivity index (χ1n) is 21.2. The highest BCUT2D eigenvalue weighted by molar-refractivity contribution is 6.36. The molecule has 5 aliphatic heterocycles. The summed E-state index contributed by atoms with van der Waals surface area (Å²) in [6.07, 6.45) is 6.80. The molecule has 0 radical (unpaired) electrons. The molecule has 0 spiro atoms. The number of hydrogen-bond acceptors (Lipinski definition) is 12. The van der Waals surface area contributed by atoms with Crippen molar-refractivity contribution in [3.8, 4) is 11.5 Å². The lowest BCUT2D eigenvalue weighted by atomic mass is 9.95. The van der Waals surface area contributed by atoms with Gasteiger partial charge >= 0.3 is 0 Å². The van der Waals surface area contributed by atoms with Crippen LogP contribution in [0.25, 0.3) is 11.0 Å². The van der Waals surface area contributed by atoms with Crippen LogP contribution in [0.3, 0.4) is 0 Å². The Bertz CT molecular complexity index is 2620. The van der Waals surface area contributed by atoms with E-state index in [9.17, 15) is 28.8 Å². The third-order valence-electron chi connectivity index (χ3n) is 12.3. The third kappa shape index (κ3) is 8.60. The van der Waals surface area contributed by atoms with Crippen molar-refractivity contribution in [2.24, 2.45) is 5.92 Å². The van der Waals surface area contributed by atoms with Crippen molar-refractivity contribution in [3.05, 3.63) is 107 Å². The molecule has 3 aromatic carbocycles. The van der Waals surface area contributed by atoms with Crippen LogP contribution in [0, 0.1) is 5.92 Å². The van der Waals surface area contributed by atoms with Gasteiger partial charge in [0.15, 0.2) is 5.78 Å². The normalized spacial score (nSPS) is 19.2. The molecule has 4 fully saturated rings. The van der Waals surface area contributed by atoms with Crippen molar-refractivity contribution < 1.29 is 33.5 Å². The number of hydrogen-bond donors (Lipinski definition) is 3. The Labute approximate surface area is 367 Å². The highest BCUT2D eigenvalue weighted by atomic mass is 35.5. The van der Waals surface area contributed by atoms with Crippen molar-refractivity contribution in [2.45, 2.75) is 50.6 Å². The molecule has 0 bridgehead atoms. The molecule has 5 aromatic rings. The number of likely N-dealkylation sites (tertiary alicyclic amines) is 2. The minimum atomic E-state index is -0.910. The number of nitrogens with zero attached hydrogens (tertiary/aromatic N) is 6. The maximum Gasteiger partial charge on any atom is 0.262 e. The molecule has 0 aliphatic carbocycles. The van der Waals surface area contributed by atoms with Gasteiger partial charge in [0.2, 0.25) is 17.7 Å². The van der Waals surface area contributed by atoms with Gasteiger partial charge in [0.1, 0.15) is 35.3 Å². The highest BCUT2D eigenvalue weighted by Gasteiger charge is 2.45. The Kier molecular flexibility index (Phi) is 11.7. The second-order valence-electron chi connectivity index (χ2n) is 16.6. The van der Waals surface area contributed by atoms with Gasteiger partial charge < -0.3 is 29.7 Å². The number of imide groups is 2. The van der Waals surface area contributed by atoms with E-state index in [1.165, 1.54) is 6.33 Å². The Morgan fingerprint density at radius 3 is 2.32 bits per heavy atom. The van der Waals surface area contributed by atoms with Gasteiger partial charge in [0.25, 0.3) is 11.8 Å². The molecule has 5 amide bonds. The number of para-hydroxylation sites is 1. The van der Waals surface area contributed by atoms with Crippen LogP contribution >= 0.6 is 11.6 Å². The predicted molar refractivity (Wildman–Crippen MR) is 234 cm³/mol. The second-order valence-corrected chi connectivity index (χ2v) is 17.0. The van der Waals surface area contributed by atoms with Gasteiger partial charge in [-0.1, -0.05) is 29.8 Å². The minimum Gasteiger partial charge on any atom is -0.457 e. The largest absolute Gasteiger partial charge is 0.457 e. The van der Waals surface area contributed by atoms with Crippen LogP contribution in [0.4, 0.5) is 11.5 Å². The van der Waals surface area contributed by atoms with Gasteiger partial charge in [-0.2, -0.15) is 0 Å². The van der Waals surface area contributed by atoms with Crippen molar-refractivity contribution in [1.29, 1.82) is 0 Å². The van der Waals surface area contributed by atoms with Crippen LogP contribution in [0.2, 0.25) is 5.02 Å². The third-order valence-corrected chi connectivity index (χ3v) is 12.6. The number of halogens is 1. The molecule has 324 valence electrons. The number of piperidine rings is 2. The molecule has 7 heterocycles. The summed E-state index contributed by atoms with van der Waals surface area (Å²) in [6, 6.07) is 18.9. The summed E-state index contributed by atoms with van der Waals surface area (Å²) in [7, 11) is 2.08. The molecule has 0 saturated carbocycles. The minimum absolute atomic E-state index is 0.128. The van der Waals surface area contributed by atoms with E-state index in [1.807, 2.05) is 41.3 Å². The zero-order valence-corrected chi connectivity index (χ0v) is 35.4. The number of benzene rings is 3. The van der Waals surface area contributed by atoms with Gasteiger partial charge in [-0.3, -0.25) is 39.0 Å². The van der Waals surface area contributed by atoms with E-state index in [2.05, 4.69) is 42.4 Å². The van der Waals surface area contributed by atoms with Crippen LogP contribution in [0.1, 0.15) is 75.2 Å². The first-order valence-corrected chi connectivity index (χ1v) is 21.6. The standard InChI is InChI=1S/C30H31ClN6O3.C16H15N3O4/c1-36-16-19(17-36)13-26(38)37-11-9-20(10-12-37)35-30-27-24(15-32-29(27)33-18-34-30)28(39)23-8-7-22(14-25(23)31)40-21-5-3-2-4-6-21;20-13-5-4-12(14(21)17-13)19-15(22)10-3-2-9(18-6-1-7-18)8-11(10)16(19)23/h2-8,14-15,18-20H,9-13,16-17H2,1H3,(H2,32,33,34,35);2-3,8,12H,1,4-7H2,(H,17,20,21). The highest BCUT2D eigenvalue weighted by Crippen LogP contribution is 2.34. The van der Waals surface area contributed by atoms with Crippen LogP contribution in [-0.4, -0.2) is 123 Å². The molecule has 63 heavy (non-hydrogen) atoms. The van der Waals surface area contributed by atoms with Crippen molar-refractivity contribution in [2.75, 3.05) is 56.5 Å². The summed E-state index contributed by atoms with van der Waals surface area (Å²) >= 11 is 6.55. The average molecular weight is 872 g/mol. The number of ketones is 1. The number of aromatic nitrogens is 3. The van der Waals surface area contributed by atoms with E-state index in [4.69, 9.17) is 16.3 Å². The summed E-state index contributed by atoms with van der Waals surface area (Å²) in [5.74, 6) is 0.438. The number of ether oxygens (including phenoxy) is 1. The SMILES string of the molecule is CN1CC(CC(=O)N2CCC(Nc3ncnc4[nH]cc(C(=O)c5ccc(Oc6ccccc6)cc5Cl)c34)CC2)C1.O=C1CCC(N2C(=O)c3ccc(N4CCC4)cc3C2=O)C(=O)N1. The zero-order valence-electron chi connectivity index (χ0n) is 34.6. The van der Waals surface area contributed by atoms with Crippen molar-refractivity contribution in [1.82, 2.24) is 35.0 Å². The summed E-state index contributed by atoms with van der Waals surface area (Å²) in [5, 5.41) is 6.63. The lowest BCUT2D eigenvalue weighted by Gasteiger charge is -2.38. The smallest absolute Gasteiger partial charge is 0.262 e. The number of rotatable bonds is 10. The summed E-state index contributed by atoms with van der Waals surface area (Å²) in [6.45, 7) is 5.30. The number of amides is 5. The maximum atomic E-state index is 13.6. The van der Waals surface area contributed by atoms with E-state index in [0.29, 0.717) is 81.1 Å². The number of aromatic amines is 1. The number of nitrogens with one attached hydrogen (secondary N) is 3. The molecule has 4 saturated heterocycles.